The average Bonchev–Trinajstić information content (AvgIpc) is 3.31. The lowest BCUT2D eigenvalue weighted by atomic mass is 10.2. The Hall–Kier alpha value is -2.71. The van der Waals surface area contributed by atoms with Gasteiger partial charge >= 0.3 is 12.1 Å². The molecule has 0 saturated carbocycles. The maximum atomic E-state index is 12.2. The van der Waals surface area contributed by atoms with Crippen LogP contribution in [0.1, 0.15) is 23.0 Å². The van der Waals surface area contributed by atoms with Crippen LogP contribution in [0.3, 0.4) is 0 Å². The van der Waals surface area contributed by atoms with Crippen molar-refractivity contribution in [3.05, 3.63) is 57.7 Å². The number of carbonyl (C=O) groups is 2. The van der Waals surface area contributed by atoms with Crippen molar-refractivity contribution in [3.63, 3.8) is 0 Å². The first kappa shape index (κ1) is 18.1. The van der Waals surface area contributed by atoms with E-state index in [9.17, 15) is 9.59 Å². The number of esters is 1. The second-order valence-electron chi connectivity index (χ2n) is 5.16. The third-order valence-electron chi connectivity index (χ3n) is 3.29. The molecule has 26 heavy (non-hydrogen) atoms. The van der Waals surface area contributed by atoms with Crippen molar-refractivity contribution in [2.75, 3.05) is 11.9 Å². The minimum Gasteiger partial charge on any atom is -0.456 e. The van der Waals surface area contributed by atoms with Crippen LogP contribution in [0.4, 0.5) is 10.5 Å². The van der Waals surface area contributed by atoms with Gasteiger partial charge in [0.15, 0.2) is 0 Å². The molecule has 1 amide bonds. The van der Waals surface area contributed by atoms with Crippen LogP contribution in [0.15, 0.2) is 46.5 Å². The number of nitrogens with zero attached hydrogens (tertiary/aromatic N) is 1. The van der Waals surface area contributed by atoms with Gasteiger partial charge in [-0.25, -0.2) is 14.6 Å². The van der Waals surface area contributed by atoms with Gasteiger partial charge < -0.3 is 9.47 Å². The summed E-state index contributed by atoms with van der Waals surface area (Å²) in [5.74, 6) is -0.484. The predicted molar refractivity (Wildman–Crippen MR) is 102 cm³/mol. The number of ether oxygens (including phenoxy) is 2. The van der Waals surface area contributed by atoms with Gasteiger partial charge in [0.05, 0.1) is 17.9 Å². The summed E-state index contributed by atoms with van der Waals surface area (Å²) in [7, 11) is 0. The van der Waals surface area contributed by atoms with Gasteiger partial charge in [-0.15, -0.1) is 11.3 Å². The topological polar surface area (TPSA) is 77.5 Å². The fraction of sp³-hybridized carbons (Fsp3) is 0.167. The Labute approximate surface area is 158 Å². The molecule has 0 atom stereocenters. The molecule has 3 aromatic rings. The first-order valence-corrected chi connectivity index (χ1v) is 9.66. The number of amides is 1. The number of nitrogens with one attached hydrogen (secondary N) is 1. The van der Waals surface area contributed by atoms with Gasteiger partial charge in [0.1, 0.15) is 11.6 Å². The molecule has 0 radical (unpaired) electrons. The molecule has 2 aromatic heterocycles. The van der Waals surface area contributed by atoms with Crippen molar-refractivity contribution in [2.45, 2.75) is 13.5 Å². The number of anilines is 1. The quantitative estimate of drug-likeness (QED) is 0.614. The van der Waals surface area contributed by atoms with E-state index in [-0.39, 0.29) is 13.2 Å². The Morgan fingerprint density at radius 1 is 1.19 bits per heavy atom. The van der Waals surface area contributed by atoms with Crippen molar-refractivity contribution in [1.82, 2.24) is 4.98 Å². The largest absolute Gasteiger partial charge is 0.456 e. The van der Waals surface area contributed by atoms with Crippen LogP contribution in [-0.2, 0) is 16.1 Å². The molecule has 1 N–H and O–H groups in total. The van der Waals surface area contributed by atoms with Gasteiger partial charge in [0.25, 0.3) is 0 Å². The lowest BCUT2D eigenvalue weighted by Crippen LogP contribution is -2.14. The first-order chi connectivity index (χ1) is 12.7. The maximum absolute atomic E-state index is 12.2. The van der Waals surface area contributed by atoms with Crippen molar-refractivity contribution < 1.29 is 19.1 Å². The monoisotopic (exact) mass is 388 g/mol. The Morgan fingerprint density at radius 2 is 2.08 bits per heavy atom. The van der Waals surface area contributed by atoms with E-state index in [4.69, 9.17) is 9.47 Å². The number of carbonyl (C=O) groups excluding carboxylic acids is 2. The smallest absolute Gasteiger partial charge is 0.411 e. The van der Waals surface area contributed by atoms with E-state index in [0.717, 1.165) is 10.6 Å². The number of benzene rings is 1. The number of aromatic nitrogens is 1. The highest BCUT2D eigenvalue weighted by molar-refractivity contribution is 7.14. The predicted octanol–water partition coefficient (Wildman–Crippen LogP) is 4.80. The molecule has 0 aliphatic rings. The van der Waals surface area contributed by atoms with Gasteiger partial charge in [-0.2, -0.15) is 11.3 Å². The lowest BCUT2D eigenvalue weighted by molar-refractivity contribution is 0.0468. The SMILES string of the molecule is CCOC(=O)Nc1cccc(C(=O)OCc2csc(-c3ccsc3)n2)c1. The van der Waals surface area contributed by atoms with E-state index in [1.807, 2.05) is 22.2 Å². The van der Waals surface area contributed by atoms with Crippen LogP contribution >= 0.6 is 22.7 Å². The summed E-state index contributed by atoms with van der Waals surface area (Å²) in [5, 5.41) is 9.35. The summed E-state index contributed by atoms with van der Waals surface area (Å²) in [6, 6.07) is 8.49. The Morgan fingerprint density at radius 3 is 2.85 bits per heavy atom. The van der Waals surface area contributed by atoms with Gasteiger partial charge in [0, 0.05) is 22.0 Å². The van der Waals surface area contributed by atoms with Crippen LogP contribution in [0.25, 0.3) is 10.6 Å². The third kappa shape index (κ3) is 4.68. The zero-order valence-corrected chi connectivity index (χ0v) is 15.6. The van der Waals surface area contributed by atoms with Crippen molar-refractivity contribution >= 4 is 40.4 Å². The van der Waals surface area contributed by atoms with Gasteiger partial charge in [-0.05, 0) is 36.6 Å². The van der Waals surface area contributed by atoms with Crippen LogP contribution in [0, 0.1) is 0 Å². The standard InChI is InChI=1S/C18H16N2O4S2/c1-2-23-18(22)20-14-5-3-4-12(8-14)17(21)24-9-15-11-26-16(19-15)13-6-7-25-10-13/h3-8,10-11H,2,9H2,1H3,(H,20,22). The van der Waals surface area contributed by atoms with Crippen molar-refractivity contribution in [3.8, 4) is 10.6 Å². The summed E-state index contributed by atoms with van der Waals surface area (Å²) in [4.78, 5) is 28.1. The average molecular weight is 388 g/mol. The van der Waals surface area contributed by atoms with E-state index in [2.05, 4.69) is 10.3 Å². The Balaban J connectivity index is 1.59. The minimum absolute atomic E-state index is 0.0923. The Bertz CT molecular complexity index is 890. The molecule has 0 bridgehead atoms. The normalized spacial score (nSPS) is 10.3. The summed E-state index contributed by atoms with van der Waals surface area (Å²) < 4.78 is 10.1. The molecule has 1 aromatic carbocycles. The van der Waals surface area contributed by atoms with Gasteiger partial charge in [-0.1, -0.05) is 6.07 Å². The number of thiophene rings is 1. The molecule has 0 saturated heterocycles. The summed E-state index contributed by atoms with van der Waals surface area (Å²) in [6.07, 6.45) is -0.568. The van der Waals surface area contributed by atoms with Gasteiger partial charge in [-0.3, -0.25) is 5.32 Å². The molecule has 0 unspecified atom stereocenters. The molecule has 6 nitrogen and oxygen atoms in total. The number of thiazole rings is 1. The van der Waals surface area contributed by atoms with Crippen LogP contribution in [-0.4, -0.2) is 23.7 Å². The molecular formula is C18H16N2O4S2. The summed E-state index contributed by atoms with van der Waals surface area (Å²) in [6.45, 7) is 2.08. The molecule has 134 valence electrons. The summed E-state index contributed by atoms with van der Waals surface area (Å²) >= 11 is 3.12. The van der Waals surface area contributed by atoms with E-state index < -0.39 is 12.1 Å². The minimum atomic E-state index is -0.568. The lowest BCUT2D eigenvalue weighted by Gasteiger charge is -2.07. The fourth-order valence-electron chi connectivity index (χ4n) is 2.12. The van der Waals surface area contributed by atoms with Crippen molar-refractivity contribution in [1.29, 1.82) is 0 Å². The number of hydrogen-bond donors (Lipinski definition) is 1. The van der Waals surface area contributed by atoms with Crippen LogP contribution in [0.2, 0.25) is 0 Å². The van der Waals surface area contributed by atoms with Crippen LogP contribution in [0.5, 0.6) is 0 Å². The Kier molecular flexibility index (Phi) is 5.98. The highest BCUT2D eigenvalue weighted by Crippen LogP contribution is 2.26. The molecular weight excluding hydrogens is 372 g/mol. The second kappa shape index (κ2) is 8.59. The van der Waals surface area contributed by atoms with E-state index in [1.54, 1.807) is 36.5 Å². The number of rotatable bonds is 6. The summed E-state index contributed by atoms with van der Waals surface area (Å²) in [5.41, 5.74) is 2.57. The van der Waals surface area contributed by atoms with E-state index in [0.29, 0.717) is 16.9 Å². The third-order valence-corrected chi connectivity index (χ3v) is 4.91. The molecule has 8 heteroatoms. The molecule has 0 fully saturated rings. The maximum Gasteiger partial charge on any atom is 0.411 e. The molecule has 0 aliphatic carbocycles. The molecule has 0 aliphatic heterocycles. The van der Waals surface area contributed by atoms with Crippen LogP contribution < -0.4 is 5.32 Å². The molecule has 2 heterocycles. The second-order valence-corrected chi connectivity index (χ2v) is 6.80. The fourth-order valence-corrected chi connectivity index (χ4v) is 3.64. The van der Waals surface area contributed by atoms with E-state index in [1.165, 1.54) is 17.4 Å². The van der Waals surface area contributed by atoms with Gasteiger partial charge in [0.2, 0.25) is 0 Å². The zero-order chi connectivity index (χ0) is 18.4. The molecule has 3 rings (SSSR count). The van der Waals surface area contributed by atoms with Crippen molar-refractivity contribution in [2.24, 2.45) is 0 Å². The first-order valence-electron chi connectivity index (χ1n) is 7.83. The molecule has 0 spiro atoms. The highest BCUT2D eigenvalue weighted by atomic mass is 32.1. The highest BCUT2D eigenvalue weighted by Gasteiger charge is 2.11. The zero-order valence-electron chi connectivity index (χ0n) is 13.9. The number of hydrogen-bond acceptors (Lipinski definition) is 7. The van der Waals surface area contributed by atoms with E-state index >= 15 is 0 Å².